The highest BCUT2D eigenvalue weighted by Crippen LogP contribution is 2.55. The summed E-state index contributed by atoms with van der Waals surface area (Å²) >= 11 is 2.10. The highest BCUT2D eigenvalue weighted by atomic mass is 32.2. The van der Waals surface area contributed by atoms with Gasteiger partial charge in [0.1, 0.15) is 0 Å². The number of carbonyl (C=O) groups is 1. The molecule has 4 heterocycles. The molecule has 4 aliphatic heterocycles. The van der Waals surface area contributed by atoms with Crippen LogP contribution in [0.3, 0.4) is 0 Å². The van der Waals surface area contributed by atoms with Gasteiger partial charge in [0, 0.05) is 47.3 Å². The lowest BCUT2D eigenvalue weighted by molar-refractivity contribution is -0.135. The van der Waals surface area contributed by atoms with Crippen LogP contribution in [-0.4, -0.2) is 95.8 Å². The predicted octanol–water partition coefficient (Wildman–Crippen LogP) is 3.08. The van der Waals surface area contributed by atoms with Crippen molar-refractivity contribution in [3.63, 3.8) is 0 Å². The van der Waals surface area contributed by atoms with Crippen LogP contribution in [-0.2, 0) is 16.0 Å². The smallest absolute Gasteiger partial charge is 0.246 e. The number of likely N-dealkylation sites (tertiary alicyclic amines) is 1. The van der Waals surface area contributed by atoms with E-state index in [-0.39, 0.29) is 29.2 Å². The molecule has 1 amide bonds. The van der Waals surface area contributed by atoms with Gasteiger partial charge in [0.05, 0.1) is 31.3 Å². The topological polar surface area (TPSA) is 83.9 Å². The van der Waals surface area contributed by atoms with Gasteiger partial charge in [0.15, 0.2) is 6.35 Å². The largest absolute Gasteiger partial charge is 0.348 e. The fraction of sp³-hybridized carbons (Fsp3) is 0.677. The number of hydrogen-bond donors (Lipinski definition) is 2. The number of ether oxygens (including phenoxy) is 1. The summed E-state index contributed by atoms with van der Waals surface area (Å²) < 4.78 is 6.80. The highest BCUT2D eigenvalue weighted by Gasteiger charge is 2.51. The summed E-state index contributed by atoms with van der Waals surface area (Å²) in [6.45, 7) is 9.89. The van der Waals surface area contributed by atoms with Crippen LogP contribution in [0, 0.1) is 24.2 Å². The molecule has 0 radical (unpaired) electrons. The molecule has 0 bridgehead atoms. The maximum absolute atomic E-state index is 12.5. The van der Waals surface area contributed by atoms with E-state index in [9.17, 15) is 10.1 Å². The number of likely N-dealkylation sites (N-methyl/N-ethyl adjacent to an activating group) is 1. The highest BCUT2D eigenvalue weighted by molar-refractivity contribution is 8.01. The van der Waals surface area contributed by atoms with Gasteiger partial charge < -0.3 is 14.5 Å². The Balaban J connectivity index is 1.21. The number of aryl methyl sites for hydroxylation is 1. The Labute approximate surface area is 243 Å². The second-order valence-electron chi connectivity index (χ2n) is 12.5. The summed E-state index contributed by atoms with van der Waals surface area (Å²) in [5, 5.41) is 17.3. The van der Waals surface area contributed by atoms with E-state index in [1.54, 1.807) is 0 Å². The van der Waals surface area contributed by atoms with Gasteiger partial charge in [-0.3, -0.25) is 20.3 Å². The molecule has 216 valence electrons. The van der Waals surface area contributed by atoms with Gasteiger partial charge in [-0.2, -0.15) is 5.26 Å². The normalized spacial score (nSPS) is 36.3. The minimum absolute atomic E-state index is 0.0781. The fourth-order valence-electron chi connectivity index (χ4n) is 7.90. The summed E-state index contributed by atoms with van der Waals surface area (Å²) in [6.07, 6.45) is 8.66. The quantitative estimate of drug-likeness (QED) is 0.511. The third-order valence-electron chi connectivity index (χ3n) is 10.1. The third-order valence-corrected chi connectivity index (χ3v) is 11.7. The Morgan fingerprint density at radius 2 is 2.15 bits per heavy atom. The van der Waals surface area contributed by atoms with E-state index in [0.717, 1.165) is 32.4 Å². The lowest BCUT2D eigenvalue weighted by Gasteiger charge is -2.55. The number of amides is 1. The Morgan fingerprint density at radius 3 is 2.90 bits per heavy atom. The molecular formula is C31H44N6O2S. The van der Waals surface area contributed by atoms with E-state index in [0.29, 0.717) is 44.1 Å². The molecule has 40 heavy (non-hydrogen) atoms. The molecule has 7 atom stereocenters. The Morgan fingerprint density at radius 1 is 1.27 bits per heavy atom. The van der Waals surface area contributed by atoms with Crippen molar-refractivity contribution in [2.75, 3.05) is 39.8 Å². The van der Waals surface area contributed by atoms with E-state index < -0.39 is 0 Å². The molecule has 6 unspecified atom stereocenters. The van der Waals surface area contributed by atoms with E-state index in [1.807, 2.05) is 4.90 Å². The average molecular weight is 565 g/mol. The van der Waals surface area contributed by atoms with Gasteiger partial charge >= 0.3 is 0 Å². The molecule has 5 aliphatic rings. The van der Waals surface area contributed by atoms with Crippen LogP contribution in [0.5, 0.6) is 0 Å². The zero-order chi connectivity index (χ0) is 27.9. The van der Waals surface area contributed by atoms with Crippen molar-refractivity contribution in [1.29, 1.82) is 5.26 Å². The first-order chi connectivity index (χ1) is 19.4. The number of thioether (sulfide) groups is 1. The monoisotopic (exact) mass is 564 g/mol. The zero-order valence-electron chi connectivity index (χ0n) is 24.0. The first-order valence-corrected chi connectivity index (χ1v) is 15.9. The Bertz CT molecular complexity index is 1160. The van der Waals surface area contributed by atoms with Crippen molar-refractivity contribution >= 4 is 17.7 Å². The molecule has 1 aromatic rings. The number of nitrogens with zero attached hydrogens (tertiary/aromatic N) is 4. The molecule has 9 heteroatoms. The summed E-state index contributed by atoms with van der Waals surface area (Å²) in [6, 6.07) is 9.76. The third kappa shape index (κ3) is 5.47. The molecule has 0 aromatic heterocycles. The van der Waals surface area contributed by atoms with E-state index >= 15 is 0 Å². The molecule has 3 saturated heterocycles. The minimum atomic E-state index is -0.215. The van der Waals surface area contributed by atoms with Gasteiger partial charge in [-0.15, -0.1) is 11.8 Å². The lowest BCUT2D eigenvalue weighted by atomic mass is 9.72. The average Bonchev–Trinajstić information content (AvgIpc) is 3.54. The maximum atomic E-state index is 12.5. The Kier molecular flexibility index (Phi) is 8.28. The summed E-state index contributed by atoms with van der Waals surface area (Å²) in [7, 11) is 2.20. The fourth-order valence-corrected chi connectivity index (χ4v) is 9.57. The molecule has 8 nitrogen and oxygen atoms in total. The second-order valence-corrected chi connectivity index (χ2v) is 14.1. The van der Waals surface area contributed by atoms with Crippen LogP contribution >= 0.6 is 11.8 Å². The number of rotatable bonds is 6. The van der Waals surface area contributed by atoms with Gasteiger partial charge in [-0.25, -0.2) is 0 Å². The van der Waals surface area contributed by atoms with E-state index in [1.165, 1.54) is 41.4 Å². The standard InChI is InChI=1S/C31H44N6O2S/c1-4-28(38)37-16-15-36(19-22(37)11-13-32)29-24-10-12-31(17-25-21(2)7-5-9-27(25)40-31)18-26(24)33-30(34-29)39-20-23-8-6-14-35(23)3/h4-5,7,9,22-24,26,29-30,33-34H,1,6,8,10-12,14-20H2,2-3H3/t22?,23?,24?,26?,29?,30?,31-/m1/s1. The molecule has 1 aliphatic carbocycles. The van der Waals surface area contributed by atoms with Gasteiger partial charge in [0.25, 0.3) is 0 Å². The zero-order valence-corrected chi connectivity index (χ0v) is 24.8. The Hall–Kier alpha value is -1.93. The van der Waals surface area contributed by atoms with Gasteiger partial charge in [0.2, 0.25) is 5.91 Å². The van der Waals surface area contributed by atoms with Crippen LogP contribution in [0.15, 0.2) is 35.7 Å². The molecule has 4 fully saturated rings. The van der Waals surface area contributed by atoms with Crippen LogP contribution in [0.1, 0.15) is 49.7 Å². The van der Waals surface area contributed by atoms with E-state index in [2.05, 4.69) is 77.0 Å². The number of nitrogens with one attached hydrogen (secondary N) is 2. The van der Waals surface area contributed by atoms with Crippen molar-refractivity contribution in [3.05, 3.63) is 42.0 Å². The lowest BCUT2D eigenvalue weighted by Crippen LogP contribution is -2.72. The molecule has 2 N–H and O–H groups in total. The number of piperazine rings is 1. The first kappa shape index (κ1) is 28.2. The molecular weight excluding hydrogens is 520 g/mol. The number of fused-ring (bicyclic) bond motifs is 2. The molecule has 1 spiro atoms. The molecule has 1 saturated carbocycles. The van der Waals surface area contributed by atoms with Crippen LogP contribution in [0.4, 0.5) is 0 Å². The van der Waals surface area contributed by atoms with Crippen molar-refractivity contribution in [3.8, 4) is 6.07 Å². The predicted molar refractivity (Wildman–Crippen MR) is 158 cm³/mol. The summed E-state index contributed by atoms with van der Waals surface area (Å²) in [5.74, 6) is 0.361. The number of nitriles is 1. The molecule has 6 rings (SSSR count). The second kappa shape index (κ2) is 11.7. The molecule has 1 aromatic carbocycles. The number of hydrogen-bond acceptors (Lipinski definition) is 8. The minimum Gasteiger partial charge on any atom is -0.348 e. The summed E-state index contributed by atoms with van der Waals surface area (Å²) in [5.41, 5.74) is 2.95. The van der Waals surface area contributed by atoms with Crippen molar-refractivity contribution in [1.82, 2.24) is 25.3 Å². The van der Waals surface area contributed by atoms with Gasteiger partial charge in [-0.1, -0.05) is 18.7 Å². The SMILES string of the molecule is C=CC(=O)N1CCN(C2NC(OCC3CCCN3C)NC3C[C@@]4(CCC32)Cc2c(C)cccc2S4)CC1CC#N. The first-order valence-electron chi connectivity index (χ1n) is 15.1. The van der Waals surface area contributed by atoms with Crippen LogP contribution in [0.25, 0.3) is 0 Å². The summed E-state index contributed by atoms with van der Waals surface area (Å²) in [4.78, 5) is 20.7. The van der Waals surface area contributed by atoms with Gasteiger partial charge in [-0.05, 0) is 82.3 Å². The maximum Gasteiger partial charge on any atom is 0.246 e. The number of benzene rings is 1. The van der Waals surface area contributed by atoms with E-state index in [4.69, 9.17) is 4.74 Å². The van der Waals surface area contributed by atoms with Crippen LogP contribution < -0.4 is 10.6 Å². The number of carbonyl (C=O) groups excluding carboxylic acids is 1. The van der Waals surface area contributed by atoms with Crippen molar-refractivity contribution in [2.24, 2.45) is 5.92 Å². The van der Waals surface area contributed by atoms with Crippen LogP contribution in [0.2, 0.25) is 0 Å². The van der Waals surface area contributed by atoms with Crippen molar-refractivity contribution < 1.29 is 9.53 Å². The van der Waals surface area contributed by atoms with Crippen molar-refractivity contribution in [2.45, 2.75) is 92.2 Å².